The van der Waals surface area contributed by atoms with Gasteiger partial charge in [0, 0.05) is 18.7 Å². The number of nitro benzene ring substituents is 1. The molecule has 2 amide bonds. The molecular weight excluding hydrogens is 400 g/mol. The maximum atomic E-state index is 12.3. The number of nitrogens with one attached hydrogen (secondary N) is 1. The number of hydrogen-bond donors (Lipinski definition) is 1. The van der Waals surface area contributed by atoms with Gasteiger partial charge in [0.1, 0.15) is 0 Å². The first-order chi connectivity index (χ1) is 14.3. The molecule has 0 fully saturated rings. The summed E-state index contributed by atoms with van der Waals surface area (Å²) < 4.78 is 5.30. The Morgan fingerprint density at radius 1 is 1.00 bits per heavy atom. The number of benzene rings is 1. The molecule has 0 spiro atoms. The molecule has 1 heterocycles. The molecule has 0 saturated heterocycles. The van der Waals surface area contributed by atoms with Crippen LogP contribution in [-0.2, 0) is 4.84 Å². The van der Waals surface area contributed by atoms with Gasteiger partial charge in [-0.3, -0.25) is 24.6 Å². The molecule has 12 nitrogen and oxygen atoms in total. The standard InChI is InChI=1S/C14H15N3O8.C4H11N/c1-2-5-24-12-8-10-9(7-11(12)16(20)21)13(18)15(14(10)19)4-3-6-25-17(22)23;1-3-5-4-2/h7-8H,2-6H2,1H3;5H,3-4H2,1-2H3. The van der Waals surface area contributed by atoms with Crippen LogP contribution in [0.3, 0.4) is 0 Å². The summed E-state index contributed by atoms with van der Waals surface area (Å²) in [6, 6.07) is 2.21. The Labute approximate surface area is 173 Å². The number of rotatable bonds is 11. The summed E-state index contributed by atoms with van der Waals surface area (Å²) in [7, 11) is 0. The number of carbonyl (C=O) groups excluding carboxylic acids is 2. The molecule has 0 saturated carbocycles. The minimum atomic E-state index is -0.969. The fourth-order valence-corrected chi connectivity index (χ4v) is 2.59. The molecule has 0 unspecified atom stereocenters. The Morgan fingerprint density at radius 3 is 2.07 bits per heavy atom. The molecule has 1 N–H and O–H groups in total. The monoisotopic (exact) mass is 426 g/mol. The summed E-state index contributed by atoms with van der Waals surface area (Å²) in [5, 5.41) is 23.4. The lowest BCUT2D eigenvalue weighted by atomic mass is 10.1. The van der Waals surface area contributed by atoms with Crippen LogP contribution in [0.4, 0.5) is 5.69 Å². The highest BCUT2D eigenvalue weighted by molar-refractivity contribution is 6.21. The Bertz CT molecular complexity index is 782. The minimum absolute atomic E-state index is 0.0110. The summed E-state index contributed by atoms with van der Waals surface area (Å²) in [4.78, 5) is 50.2. The molecule has 0 atom stereocenters. The van der Waals surface area contributed by atoms with Crippen LogP contribution in [-0.4, -0.2) is 59.6 Å². The molecule has 1 aliphatic rings. The third-order valence-electron chi connectivity index (χ3n) is 3.93. The van der Waals surface area contributed by atoms with Gasteiger partial charge >= 0.3 is 5.69 Å². The van der Waals surface area contributed by atoms with Crippen molar-refractivity contribution >= 4 is 17.5 Å². The average Bonchev–Trinajstić information content (AvgIpc) is 2.93. The Balaban J connectivity index is 0.000000804. The fraction of sp³-hybridized carbons (Fsp3) is 0.556. The van der Waals surface area contributed by atoms with Gasteiger partial charge in [0.05, 0.1) is 29.3 Å². The van der Waals surface area contributed by atoms with E-state index in [0.717, 1.165) is 24.1 Å². The zero-order valence-electron chi connectivity index (χ0n) is 17.2. The fourth-order valence-electron chi connectivity index (χ4n) is 2.59. The maximum absolute atomic E-state index is 12.3. The van der Waals surface area contributed by atoms with Gasteiger partial charge in [0.15, 0.2) is 5.75 Å². The van der Waals surface area contributed by atoms with Crippen molar-refractivity contribution in [1.82, 2.24) is 10.2 Å². The number of nitrogens with zero attached hydrogens (tertiary/aromatic N) is 3. The molecule has 12 heteroatoms. The number of ether oxygens (including phenoxy) is 1. The van der Waals surface area contributed by atoms with Gasteiger partial charge in [-0.15, -0.1) is 10.1 Å². The van der Waals surface area contributed by atoms with Crippen LogP contribution in [0.25, 0.3) is 0 Å². The zero-order chi connectivity index (χ0) is 22.7. The number of imide groups is 1. The topological polar surface area (TPSA) is 154 Å². The van der Waals surface area contributed by atoms with Crippen molar-refractivity contribution in [3.63, 3.8) is 0 Å². The third kappa shape index (κ3) is 6.65. The molecule has 0 bridgehead atoms. The van der Waals surface area contributed by atoms with Crippen LogP contribution < -0.4 is 10.1 Å². The number of fused-ring (bicyclic) bond motifs is 1. The summed E-state index contributed by atoms with van der Waals surface area (Å²) in [5.41, 5.74) is -0.473. The molecule has 1 aromatic carbocycles. The van der Waals surface area contributed by atoms with Gasteiger partial charge in [-0.05, 0) is 25.9 Å². The predicted molar refractivity (Wildman–Crippen MR) is 106 cm³/mol. The number of hydrogen-bond acceptors (Lipinski definition) is 9. The van der Waals surface area contributed by atoms with Crippen LogP contribution in [0.2, 0.25) is 0 Å². The van der Waals surface area contributed by atoms with Crippen LogP contribution in [0.15, 0.2) is 12.1 Å². The summed E-state index contributed by atoms with van der Waals surface area (Å²) in [5.74, 6) is -1.39. The van der Waals surface area contributed by atoms with Crippen LogP contribution in [0.5, 0.6) is 5.75 Å². The third-order valence-corrected chi connectivity index (χ3v) is 3.93. The van der Waals surface area contributed by atoms with Crippen molar-refractivity contribution in [2.45, 2.75) is 33.6 Å². The van der Waals surface area contributed by atoms with Crippen molar-refractivity contribution in [1.29, 1.82) is 0 Å². The molecule has 166 valence electrons. The van der Waals surface area contributed by atoms with Gasteiger partial charge in [-0.25, -0.2) is 0 Å². The predicted octanol–water partition coefficient (Wildman–Crippen LogP) is 2.19. The van der Waals surface area contributed by atoms with Crippen LogP contribution in [0, 0.1) is 20.2 Å². The Hall–Kier alpha value is -3.28. The lowest BCUT2D eigenvalue weighted by Crippen LogP contribution is -2.31. The van der Waals surface area contributed by atoms with Gasteiger partial charge in [-0.1, -0.05) is 20.8 Å². The van der Waals surface area contributed by atoms with E-state index < -0.39 is 27.5 Å². The van der Waals surface area contributed by atoms with Crippen LogP contribution >= 0.6 is 0 Å². The Morgan fingerprint density at radius 2 is 1.60 bits per heavy atom. The van der Waals surface area contributed by atoms with Crippen molar-refractivity contribution in [3.8, 4) is 5.75 Å². The SMILES string of the molecule is CCCOc1cc2c(cc1[N+](=O)[O-])C(=O)N(CCCO[N+](=O)[O-])C2=O.CCNCC. The quantitative estimate of drug-likeness (QED) is 0.243. The summed E-state index contributed by atoms with van der Waals surface area (Å²) in [6.07, 6.45) is 0.678. The van der Waals surface area contributed by atoms with E-state index >= 15 is 0 Å². The maximum Gasteiger partial charge on any atom is 0.311 e. The zero-order valence-corrected chi connectivity index (χ0v) is 17.2. The molecule has 1 aromatic rings. The molecule has 30 heavy (non-hydrogen) atoms. The minimum Gasteiger partial charge on any atom is -0.487 e. The molecule has 0 radical (unpaired) electrons. The Kier molecular flexibility index (Phi) is 10.2. The summed E-state index contributed by atoms with van der Waals surface area (Å²) >= 11 is 0. The second-order valence-corrected chi connectivity index (χ2v) is 6.10. The lowest BCUT2D eigenvalue weighted by molar-refractivity contribution is -0.757. The van der Waals surface area contributed by atoms with Gasteiger partial charge in [-0.2, -0.15) is 0 Å². The largest absolute Gasteiger partial charge is 0.487 e. The average molecular weight is 426 g/mol. The molecule has 0 aromatic heterocycles. The highest BCUT2D eigenvalue weighted by Gasteiger charge is 2.38. The smallest absolute Gasteiger partial charge is 0.311 e. The second-order valence-electron chi connectivity index (χ2n) is 6.10. The number of nitro groups is 1. The molecule has 1 aliphatic heterocycles. The number of carbonyl (C=O) groups is 2. The number of amides is 2. The van der Waals surface area contributed by atoms with E-state index in [1.165, 1.54) is 6.07 Å². The van der Waals surface area contributed by atoms with E-state index in [-0.39, 0.29) is 43.1 Å². The highest BCUT2D eigenvalue weighted by atomic mass is 16.9. The van der Waals surface area contributed by atoms with Crippen molar-refractivity contribution in [3.05, 3.63) is 43.5 Å². The van der Waals surface area contributed by atoms with Crippen LogP contribution in [0.1, 0.15) is 54.3 Å². The van der Waals surface area contributed by atoms with Gasteiger partial charge in [0.2, 0.25) is 0 Å². The van der Waals surface area contributed by atoms with Crippen molar-refractivity contribution in [2.24, 2.45) is 0 Å². The van der Waals surface area contributed by atoms with E-state index in [4.69, 9.17) is 4.74 Å². The van der Waals surface area contributed by atoms with Crippen molar-refractivity contribution in [2.75, 3.05) is 32.8 Å². The second kappa shape index (κ2) is 12.3. The normalized spacial score (nSPS) is 12.2. The van der Waals surface area contributed by atoms with Gasteiger partial charge < -0.3 is 14.9 Å². The van der Waals surface area contributed by atoms with E-state index in [1.54, 1.807) is 0 Å². The van der Waals surface area contributed by atoms with E-state index in [0.29, 0.717) is 6.42 Å². The van der Waals surface area contributed by atoms with E-state index in [2.05, 4.69) is 24.0 Å². The summed E-state index contributed by atoms with van der Waals surface area (Å²) in [6.45, 7) is 8.07. The first-order valence-electron chi connectivity index (χ1n) is 9.57. The van der Waals surface area contributed by atoms with Gasteiger partial charge in [0.25, 0.3) is 16.9 Å². The van der Waals surface area contributed by atoms with E-state index in [9.17, 15) is 29.8 Å². The lowest BCUT2D eigenvalue weighted by Gasteiger charge is -2.12. The highest BCUT2D eigenvalue weighted by Crippen LogP contribution is 2.35. The van der Waals surface area contributed by atoms with E-state index in [1.807, 2.05) is 6.92 Å². The molecule has 0 aliphatic carbocycles. The van der Waals surface area contributed by atoms with Crippen molar-refractivity contribution < 1.29 is 29.2 Å². The first kappa shape index (κ1) is 24.8. The molecular formula is C18H26N4O8. The molecule has 2 rings (SSSR count). The first-order valence-corrected chi connectivity index (χ1v) is 9.57.